The normalized spacial score (nSPS) is 26.8. The van der Waals surface area contributed by atoms with Crippen molar-refractivity contribution in [3.8, 4) is 0 Å². The van der Waals surface area contributed by atoms with Crippen LogP contribution < -0.4 is 10.6 Å². The maximum atomic E-state index is 13.3. The lowest BCUT2D eigenvalue weighted by Gasteiger charge is -2.54. The Kier molecular flexibility index (Phi) is 3.88. The van der Waals surface area contributed by atoms with Crippen molar-refractivity contribution in [2.45, 2.75) is 31.4 Å². The fourth-order valence-corrected chi connectivity index (χ4v) is 2.89. The van der Waals surface area contributed by atoms with E-state index in [1.807, 2.05) is 6.07 Å². The first-order chi connectivity index (χ1) is 8.65. The number of ether oxygens (including phenoxy) is 1. The summed E-state index contributed by atoms with van der Waals surface area (Å²) in [5.41, 5.74) is 6.77. The molecule has 0 aromatic heterocycles. The third-order valence-electron chi connectivity index (χ3n) is 3.94. The molecule has 100 valence electrons. The summed E-state index contributed by atoms with van der Waals surface area (Å²) < 4.78 is 18.7. The molecule has 4 heteroatoms. The number of benzene rings is 1. The lowest BCUT2D eigenvalue weighted by molar-refractivity contribution is -0.0138. The van der Waals surface area contributed by atoms with E-state index >= 15 is 0 Å². The van der Waals surface area contributed by atoms with Crippen LogP contribution in [0.1, 0.15) is 19.8 Å². The van der Waals surface area contributed by atoms with Gasteiger partial charge in [0.05, 0.1) is 11.6 Å². The van der Waals surface area contributed by atoms with Gasteiger partial charge in [0.2, 0.25) is 0 Å². The van der Waals surface area contributed by atoms with Crippen LogP contribution >= 0.6 is 0 Å². The van der Waals surface area contributed by atoms with E-state index in [1.54, 1.807) is 19.2 Å². The summed E-state index contributed by atoms with van der Waals surface area (Å²) in [5.74, 6) is -0.208. The van der Waals surface area contributed by atoms with Crippen LogP contribution in [-0.4, -0.2) is 31.8 Å². The van der Waals surface area contributed by atoms with E-state index in [2.05, 4.69) is 11.8 Å². The van der Waals surface area contributed by atoms with Gasteiger partial charge in [0, 0.05) is 25.9 Å². The number of nitrogens with zero attached hydrogens (tertiary/aromatic N) is 1. The van der Waals surface area contributed by atoms with Crippen molar-refractivity contribution in [3.05, 3.63) is 30.1 Å². The van der Waals surface area contributed by atoms with Crippen molar-refractivity contribution in [1.82, 2.24) is 0 Å². The number of nitrogens with two attached hydrogens (primary N) is 1. The van der Waals surface area contributed by atoms with Gasteiger partial charge < -0.3 is 15.4 Å². The predicted molar refractivity (Wildman–Crippen MR) is 71.2 cm³/mol. The Hall–Kier alpha value is -1.13. The van der Waals surface area contributed by atoms with Gasteiger partial charge in [-0.1, -0.05) is 6.07 Å². The zero-order valence-electron chi connectivity index (χ0n) is 11.0. The molecular formula is C14H21FN2O. The number of rotatable bonds is 5. The second kappa shape index (κ2) is 5.24. The summed E-state index contributed by atoms with van der Waals surface area (Å²) in [6, 6.07) is 6.71. The van der Waals surface area contributed by atoms with Crippen molar-refractivity contribution >= 4 is 5.69 Å². The molecule has 1 aliphatic carbocycles. The molecular weight excluding hydrogens is 231 g/mol. The highest BCUT2D eigenvalue weighted by Gasteiger charge is 2.47. The number of hydrogen-bond donors (Lipinski definition) is 1. The molecule has 1 aliphatic rings. The van der Waals surface area contributed by atoms with Gasteiger partial charge in [-0.3, -0.25) is 0 Å². The van der Waals surface area contributed by atoms with Crippen LogP contribution in [0, 0.1) is 5.82 Å². The first-order valence-corrected chi connectivity index (χ1v) is 6.41. The third kappa shape index (κ3) is 2.22. The highest BCUT2D eigenvalue weighted by molar-refractivity contribution is 5.50. The maximum Gasteiger partial charge on any atom is 0.125 e. The Labute approximate surface area is 108 Å². The van der Waals surface area contributed by atoms with Crippen molar-refractivity contribution in [2.24, 2.45) is 5.73 Å². The molecule has 1 fully saturated rings. The van der Waals surface area contributed by atoms with E-state index in [0.717, 1.165) is 25.1 Å². The molecule has 0 radical (unpaired) electrons. The van der Waals surface area contributed by atoms with Gasteiger partial charge >= 0.3 is 0 Å². The molecule has 0 bridgehead atoms. The SMILES string of the molecule is CCN(c1cccc(F)c1)C1(CN)CC(OC)C1. The molecule has 0 spiro atoms. The zero-order valence-corrected chi connectivity index (χ0v) is 11.0. The van der Waals surface area contributed by atoms with Gasteiger partial charge in [-0.25, -0.2) is 4.39 Å². The quantitative estimate of drug-likeness (QED) is 0.872. The molecule has 1 saturated carbocycles. The number of methoxy groups -OCH3 is 1. The molecule has 1 aromatic carbocycles. The van der Waals surface area contributed by atoms with E-state index in [0.29, 0.717) is 6.54 Å². The van der Waals surface area contributed by atoms with Crippen LogP contribution in [0.25, 0.3) is 0 Å². The summed E-state index contributed by atoms with van der Waals surface area (Å²) >= 11 is 0. The Morgan fingerprint density at radius 3 is 2.72 bits per heavy atom. The van der Waals surface area contributed by atoms with Gasteiger partial charge in [-0.05, 0) is 38.0 Å². The van der Waals surface area contributed by atoms with Crippen LogP contribution in [0.15, 0.2) is 24.3 Å². The molecule has 3 nitrogen and oxygen atoms in total. The lowest BCUT2D eigenvalue weighted by Crippen LogP contribution is -2.64. The maximum absolute atomic E-state index is 13.3. The molecule has 0 heterocycles. The Bertz CT molecular complexity index is 405. The Balaban J connectivity index is 2.23. The summed E-state index contributed by atoms with van der Waals surface area (Å²) in [6.45, 7) is 3.46. The van der Waals surface area contributed by atoms with E-state index in [9.17, 15) is 4.39 Å². The molecule has 2 N–H and O–H groups in total. The van der Waals surface area contributed by atoms with Crippen LogP contribution in [0.5, 0.6) is 0 Å². The number of anilines is 1. The Morgan fingerprint density at radius 1 is 1.50 bits per heavy atom. The fraction of sp³-hybridized carbons (Fsp3) is 0.571. The van der Waals surface area contributed by atoms with Gasteiger partial charge in [0.1, 0.15) is 5.82 Å². The third-order valence-corrected chi connectivity index (χ3v) is 3.94. The molecule has 18 heavy (non-hydrogen) atoms. The monoisotopic (exact) mass is 252 g/mol. The van der Waals surface area contributed by atoms with Crippen LogP contribution in [0.2, 0.25) is 0 Å². The number of likely N-dealkylation sites (N-methyl/N-ethyl adjacent to an activating group) is 1. The van der Waals surface area contributed by atoms with Crippen molar-refractivity contribution in [1.29, 1.82) is 0 Å². The molecule has 0 aliphatic heterocycles. The molecule has 2 rings (SSSR count). The van der Waals surface area contributed by atoms with Crippen molar-refractivity contribution < 1.29 is 9.13 Å². The standard InChI is InChI=1S/C14H21FN2O/c1-3-17(12-6-4-5-11(15)7-12)14(10-16)8-13(9-14)18-2/h4-7,13H,3,8-10,16H2,1-2H3. The topological polar surface area (TPSA) is 38.5 Å². The minimum atomic E-state index is -0.208. The smallest absolute Gasteiger partial charge is 0.125 e. The van der Waals surface area contributed by atoms with Gasteiger partial charge in [0.15, 0.2) is 0 Å². The number of halogens is 1. The molecule has 1 aromatic rings. The molecule has 0 atom stereocenters. The molecule has 0 saturated heterocycles. The predicted octanol–water partition coefficient (Wildman–Crippen LogP) is 2.16. The van der Waals surface area contributed by atoms with Crippen molar-refractivity contribution in [3.63, 3.8) is 0 Å². The minimum Gasteiger partial charge on any atom is -0.381 e. The van der Waals surface area contributed by atoms with E-state index in [1.165, 1.54) is 6.07 Å². The second-order valence-corrected chi connectivity index (χ2v) is 4.92. The highest BCUT2D eigenvalue weighted by atomic mass is 19.1. The van der Waals surface area contributed by atoms with Crippen LogP contribution in [-0.2, 0) is 4.74 Å². The fourth-order valence-electron chi connectivity index (χ4n) is 2.89. The minimum absolute atomic E-state index is 0.0801. The van der Waals surface area contributed by atoms with Gasteiger partial charge in [0.25, 0.3) is 0 Å². The first-order valence-electron chi connectivity index (χ1n) is 6.41. The van der Waals surface area contributed by atoms with Gasteiger partial charge in [-0.2, -0.15) is 0 Å². The van der Waals surface area contributed by atoms with E-state index in [-0.39, 0.29) is 17.5 Å². The van der Waals surface area contributed by atoms with Crippen molar-refractivity contribution in [2.75, 3.05) is 25.1 Å². The number of hydrogen-bond acceptors (Lipinski definition) is 3. The largest absolute Gasteiger partial charge is 0.381 e. The summed E-state index contributed by atoms with van der Waals surface area (Å²) in [5, 5.41) is 0. The average Bonchev–Trinajstić information content (AvgIpc) is 2.33. The summed E-state index contributed by atoms with van der Waals surface area (Å²) in [6.07, 6.45) is 2.09. The lowest BCUT2D eigenvalue weighted by atomic mass is 9.72. The van der Waals surface area contributed by atoms with Crippen LogP contribution in [0.3, 0.4) is 0 Å². The summed E-state index contributed by atoms with van der Waals surface area (Å²) in [4.78, 5) is 2.20. The second-order valence-electron chi connectivity index (χ2n) is 4.92. The zero-order chi connectivity index (χ0) is 13.2. The summed E-state index contributed by atoms with van der Waals surface area (Å²) in [7, 11) is 1.73. The molecule has 0 unspecified atom stereocenters. The molecule has 0 amide bonds. The van der Waals surface area contributed by atoms with E-state index in [4.69, 9.17) is 10.5 Å². The Morgan fingerprint density at radius 2 is 2.22 bits per heavy atom. The van der Waals surface area contributed by atoms with Crippen LogP contribution in [0.4, 0.5) is 10.1 Å². The highest BCUT2D eigenvalue weighted by Crippen LogP contribution is 2.41. The first kappa shape index (κ1) is 13.3. The van der Waals surface area contributed by atoms with Gasteiger partial charge in [-0.15, -0.1) is 0 Å². The average molecular weight is 252 g/mol. The van der Waals surface area contributed by atoms with E-state index < -0.39 is 0 Å².